The molecular formula is C14H19NO2S. The van der Waals surface area contributed by atoms with Gasteiger partial charge in [0.05, 0.1) is 6.54 Å². The van der Waals surface area contributed by atoms with Crippen LogP contribution in [0.1, 0.15) is 18.9 Å². The molecule has 98 valence electrons. The van der Waals surface area contributed by atoms with Crippen molar-refractivity contribution in [2.24, 2.45) is 0 Å². The third-order valence-corrected chi connectivity index (χ3v) is 4.38. The standard InChI is InChI=1S/C14H19NO2S/c1-2-7-15(10-14(16)17)9-12-8-11-5-3-4-6-13(11)18-12/h3-6,12H,2,7-10H2,1H3,(H,16,17). The lowest BCUT2D eigenvalue weighted by molar-refractivity contribution is -0.138. The van der Waals surface area contributed by atoms with Gasteiger partial charge in [0.2, 0.25) is 0 Å². The predicted octanol–water partition coefficient (Wildman–Crippen LogP) is 2.50. The van der Waals surface area contributed by atoms with E-state index in [9.17, 15) is 4.79 Å². The van der Waals surface area contributed by atoms with E-state index in [4.69, 9.17) is 5.11 Å². The highest BCUT2D eigenvalue weighted by Crippen LogP contribution is 2.36. The van der Waals surface area contributed by atoms with Gasteiger partial charge in [0.1, 0.15) is 0 Å². The van der Waals surface area contributed by atoms with Crippen LogP contribution in [0.5, 0.6) is 0 Å². The SMILES string of the molecule is CCCN(CC(=O)O)CC1Cc2ccccc2S1. The molecule has 0 radical (unpaired) electrons. The average molecular weight is 265 g/mol. The zero-order valence-corrected chi connectivity index (χ0v) is 11.4. The Morgan fingerprint density at radius 3 is 2.94 bits per heavy atom. The number of carboxylic acid groups (broad SMARTS) is 1. The van der Waals surface area contributed by atoms with Gasteiger partial charge in [0.15, 0.2) is 0 Å². The second-order valence-electron chi connectivity index (χ2n) is 4.68. The summed E-state index contributed by atoms with van der Waals surface area (Å²) in [6.07, 6.45) is 2.05. The minimum atomic E-state index is -0.732. The summed E-state index contributed by atoms with van der Waals surface area (Å²) in [5.74, 6) is -0.732. The van der Waals surface area contributed by atoms with Crippen LogP contribution in [-0.2, 0) is 11.2 Å². The normalized spacial score (nSPS) is 18.0. The van der Waals surface area contributed by atoms with Gasteiger partial charge in [0.25, 0.3) is 0 Å². The number of benzene rings is 1. The molecule has 0 bridgehead atoms. The second-order valence-corrected chi connectivity index (χ2v) is 6.02. The summed E-state index contributed by atoms with van der Waals surface area (Å²) in [5.41, 5.74) is 1.40. The van der Waals surface area contributed by atoms with E-state index in [2.05, 4.69) is 31.2 Å². The van der Waals surface area contributed by atoms with Gasteiger partial charge in [-0.05, 0) is 31.0 Å². The van der Waals surface area contributed by atoms with Gasteiger partial charge in [-0.15, -0.1) is 11.8 Å². The fourth-order valence-corrected chi connectivity index (χ4v) is 3.75. The minimum absolute atomic E-state index is 0.154. The minimum Gasteiger partial charge on any atom is -0.480 e. The van der Waals surface area contributed by atoms with Gasteiger partial charge < -0.3 is 5.11 Å². The van der Waals surface area contributed by atoms with Crippen molar-refractivity contribution in [1.82, 2.24) is 4.90 Å². The van der Waals surface area contributed by atoms with E-state index in [1.54, 1.807) is 0 Å². The molecule has 1 aromatic rings. The summed E-state index contributed by atoms with van der Waals surface area (Å²) in [4.78, 5) is 14.2. The summed E-state index contributed by atoms with van der Waals surface area (Å²) < 4.78 is 0. The molecule has 1 atom stereocenters. The number of hydrogen-bond acceptors (Lipinski definition) is 3. The Hall–Kier alpha value is -1.00. The molecule has 1 aliphatic heterocycles. The molecule has 0 aromatic heterocycles. The molecule has 0 saturated carbocycles. The first-order valence-electron chi connectivity index (χ1n) is 6.37. The Kier molecular flexibility index (Phi) is 4.66. The van der Waals surface area contributed by atoms with Gasteiger partial charge in [-0.25, -0.2) is 0 Å². The maximum absolute atomic E-state index is 10.8. The molecule has 0 fully saturated rings. The Labute approximate surface area is 112 Å². The second kappa shape index (κ2) is 6.25. The lowest BCUT2D eigenvalue weighted by Gasteiger charge is -2.22. The molecule has 4 heteroatoms. The van der Waals surface area contributed by atoms with Crippen LogP contribution >= 0.6 is 11.8 Å². The van der Waals surface area contributed by atoms with Crippen molar-refractivity contribution in [2.75, 3.05) is 19.6 Å². The van der Waals surface area contributed by atoms with Crippen LogP contribution in [0.25, 0.3) is 0 Å². The number of carboxylic acids is 1. The summed E-state index contributed by atoms with van der Waals surface area (Å²) in [6.45, 7) is 3.96. The number of carbonyl (C=O) groups is 1. The Morgan fingerprint density at radius 1 is 1.50 bits per heavy atom. The zero-order chi connectivity index (χ0) is 13.0. The number of fused-ring (bicyclic) bond motifs is 1. The van der Waals surface area contributed by atoms with Gasteiger partial charge >= 0.3 is 5.97 Å². The van der Waals surface area contributed by atoms with Crippen LogP contribution in [0.3, 0.4) is 0 Å². The van der Waals surface area contributed by atoms with E-state index in [0.29, 0.717) is 5.25 Å². The van der Waals surface area contributed by atoms with Crippen LogP contribution in [0.2, 0.25) is 0 Å². The highest BCUT2D eigenvalue weighted by Gasteiger charge is 2.24. The van der Waals surface area contributed by atoms with Crippen LogP contribution < -0.4 is 0 Å². The molecule has 1 N–H and O–H groups in total. The maximum Gasteiger partial charge on any atom is 0.317 e. The lowest BCUT2D eigenvalue weighted by atomic mass is 10.1. The molecule has 3 nitrogen and oxygen atoms in total. The van der Waals surface area contributed by atoms with E-state index in [1.165, 1.54) is 10.5 Å². The van der Waals surface area contributed by atoms with Crippen LogP contribution in [0, 0.1) is 0 Å². The molecule has 0 saturated heterocycles. The first kappa shape index (κ1) is 13.4. The molecule has 0 amide bonds. The molecule has 0 aliphatic carbocycles. The zero-order valence-electron chi connectivity index (χ0n) is 10.6. The third-order valence-electron chi connectivity index (χ3n) is 3.07. The number of hydrogen-bond donors (Lipinski definition) is 1. The quantitative estimate of drug-likeness (QED) is 0.858. The summed E-state index contributed by atoms with van der Waals surface area (Å²) in [6, 6.07) is 8.46. The molecule has 1 heterocycles. The first-order valence-corrected chi connectivity index (χ1v) is 7.25. The van der Waals surface area contributed by atoms with E-state index in [0.717, 1.165) is 25.9 Å². The number of rotatable bonds is 6. The molecule has 2 rings (SSSR count). The Bertz CT molecular complexity index is 397. The molecule has 1 aliphatic rings. The lowest BCUT2D eigenvalue weighted by Crippen LogP contribution is -2.35. The van der Waals surface area contributed by atoms with Crippen molar-refractivity contribution in [2.45, 2.75) is 29.9 Å². The van der Waals surface area contributed by atoms with Gasteiger partial charge in [-0.2, -0.15) is 0 Å². The van der Waals surface area contributed by atoms with E-state index < -0.39 is 5.97 Å². The van der Waals surface area contributed by atoms with Crippen molar-refractivity contribution in [3.63, 3.8) is 0 Å². The van der Waals surface area contributed by atoms with Gasteiger partial charge in [-0.1, -0.05) is 25.1 Å². The van der Waals surface area contributed by atoms with Crippen LogP contribution in [0.4, 0.5) is 0 Å². The fourth-order valence-electron chi connectivity index (χ4n) is 2.39. The topological polar surface area (TPSA) is 40.5 Å². The van der Waals surface area contributed by atoms with Crippen molar-refractivity contribution in [3.05, 3.63) is 29.8 Å². The van der Waals surface area contributed by atoms with Crippen LogP contribution in [-0.4, -0.2) is 40.9 Å². The highest BCUT2D eigenvalue weighted by atomic mass is 32.2. The average Bonchev–Trinajstić information content (AvgIpc) is 2.70. The monoisotopic (exact) mass is 265 g/mol. The summed E-state index contributed by atoms with van der Waals surface area (Å²) >= 11 is 1.88. The van der Waals surface area contributed by atoms with E-state index in [-0.39, 0.29) is 6.54 Å². The van der Waals surface area contributed by atoms with Crippen molar-refractivity contribution >= 4 is 17.7 Å². The fraction of sp³-hybridized carbons (Fsp3) is 0.500. The van der Waals surface area contributed by atoms with Crippen molar-refractivity contribution < 1.29 is 9.90 Å². The number of nitrogens with zero attached hydrogens (tertiary/aromatic N) is 1. The molecule has 0 spiro atoms. The molecule has 1 aromatic carbocycles. The van der Waals surface area contributed by atoms with Gasteiger partial charge in [0, 0.05) is 16.7 Å². The predicted molar refractivity (Wildman–Crippen MR) is 74.2 cm³/mol. The summed E-state index contributed by atoms with van der Waals surface area (Å²) in [5, 5.41) is 9.40. The van der Waals surface area contributed by atoms with Crippen molar-refractivity contribution in [1.29, 1.82) is 0 Å². The van der Waals surface area contributed by atoms with Crippen molar-refractivity contribution in [3.8, 4) is 0 Å². The molecule has 18 heavy (non-hydrogen) atoms. The molecule has 1 unspecified atom stereocenters. The molecular weight excluding hydrogens is 246 g/mol. The largest absolute Gasteiger partial charge is 0.480 e. The Morgan fingerprint density at radius 2 is 2.28 bits per heavy atom. The highest BCUT2D eigenvalue weighted by molar-refractivity contribution is 8.00. The summed E-state index contributed by atoms with van der Waals surface area (Å²) in [7, 11) is 0. The number of aliphatic carboxylic acids is 1. The first-order chi connectivity index (χ1) is 8.69. The van der Waals surface area contributed by atoms with E-state index >= 15 is 0 Å². The maximum atomic E-state index is 10.8. The van der Waals surface area contributed by atoms with E-state index in [1.807, 2.05) is 16.7 Å². The Balaban J connectivity index is 1.92. The number of thioether (sulfide) groups is 1. The third kappa shape index (κ3) is 3.50. The van der Waals surface area contributed by atoms with Gasteiger partial charge in [-0.3, -0.25) is 9.69 Å². The van der Waals surface area contributed by atoms with Crippen LogP contribution in [0.15, 0.2) is 29.2 Å². The smallest absolute Gasteiger partial charge is 0.317 e.